The largest absolute Gasteiger partial charge is 0.441 e. The minimum absolute atomic E-state index is 0.00273. The molecular weight excluding hydrogens is 400 g/mol. The third-order valence-electron chi connectivity index (χ3n) is 4.62. The Morgan fingerprint density at radius 2 is 1.75 bits per heavy atom. The van der Waals surface area contributed by atoms with Crippen LogP contribution < -0.4 is 5.32 Å². The van der Waals surface area contributed by atoms with Crippen molar-refractivity contribution in [3.8, 4) is 12.3 Å². The van der Waals surface area contributed by atoms with Crippen LogP contribution in [0.5, 0.6) is 0 Å². The van der Waals surface area contributed by atoms with Crippen molar-refractivity contribution in [2.24, 2.45) is 0 Å². The molecule has 4 aromatic rings. The number of nitrogens with one attached hydrogen (secondary N) is 2. The van der Waals surface area contributed by atoms with E-state index in [0.717, 1.165) is 46.7 Å². The molecule has 6 nitrogen and oxygen atoms in total. The second kappa shape index (κ2) is 12.3. The summed E-state index contributed by atoms with van der Waals surface area (Å²) >= 11 is 0. The van der Waals surface area contributed by atoms with Gasteiger partial charge < -0.3 is 14.7 Å². The first-order chi connectivity index (χ1) is 15.4. The number of H-pyrrole nitrogens is 1. The predicted octanol–water partition coefficient (Wildman–Crippen LogP) is 5.28. The number of benzene rings is 2. The van der Waals surface area contributed by atoms with Crippen LogP contribution in [-0.2, 0) is 17.6 Å². The maximum Gasteiger partial charge on any atom is 0.220 e. The number of aryl methyl sites for hydroxylation is 4. The number of fused-ring (bicyclic) bond motifs is 2. The lowest BCUT2D eigenvalue weighted by Crippen LogP contribution is -2.21. The Labute approximate surface area is 189 Å². The van der Waals surface area contributed by atoms with Gasteiger partial charge in [-0.15, -0.1) is 6.42 Å². The molecule has 4 rings (SSSR count). The zero-order chi connectivity index (χ0) is 23.5. The maximum atomic E-state index is 10.4. The minimum atomic E-state index is 0.00273. The fourth-order valence-electron chi connectivity index (χ4n) is 2.85. The number of aromatic amines is 1. The van der Waals surface area contributed by atoms with E-state index < -0.39 is 0 Å². The minimum Gasteiger partial charge on any atom is -0.441 e. The Bertz CT molecular complexity index is 1120. The molecule has 0 aliphatic heterocycles. The summed E-state index contributed by atoms with van der Waals surface area (Å²) < 4.78 is 5.46. The van der Waals surface area contributed by atoms with Crippen LogP contribution in [0.1, 0.15) is 50.0 Å². The molecular formula is C26H32N4O2. The highest BCUT2D eigenvalue weighted by Gasteiger charge is 2.02. The molecule has 0 bridgehead atoms. The Morgan fingerprint density at radius 1 is 1.03 bits per heavy atom. The number of nitrogens with zero attached hydrogens (tertiary/aromatic N) is 2. The molecule has 2 N–H and O–H groups in total. The SMILES string of the molecule is C#CCNC(=O)CC.CCc1nc2cc(C)ccc2o1.CCc1nc2ccc(C)cc2[nH]1. The van der Waals surface area contributed by atoms with Crippen LogP contribution in [-0.4, -0.2) is 27.4 Å². The van der Waals surface area contributed by atoms with Gasteiger partial charge in [0.05, 0.1) is 17.6 Å². The molecule has 6 heteroatoms. The van der Waals surface area contributed by atoms with Crippen molar-refractivity contribution in [1.29, 1.82) is 0 Å². The van der Waals surface area contributed by atoms with Crippen LogP contribution in [0.3, 0.4) is 0 Å². The number of imidazole rings is 1. The summed E-state index contributed by atoms with van der Waals surface area (Å²) in [6, 6.07) is 12.3. The van der Waals surface area contributed by atoms with E-state index in [1.165, 1.54) is 11.1 Å². The van der Waals surface area contributed by atoms with Crippen molar-refractivity contribution in [2.45, 2.75) is 53.9 Å². The van der Waals surface area contributed by atoms with Gasteiger partial charge in [-0.2, -0.15) is 0 Å². The zero-order valence-corrected chi connectivity index (χ0v) is 19.6. The molecule has 2 aromatic heterocycles. The number of hydrogen-bond donors (Lipinski definition) is 2. The number of aromatic nitrogens is 3. The Balaban J connectivity index is 0.000000175. The van der Waals surface area contributed by atoms with E-state index in [1.54, 1.807) is 6.92 Å². The number of rotatable bonds is 4. The molecule has 168 valence electrons. The first-order valence-electron chi connectivity index (χ1n) is 10.9. The maximum absolute atomic E-state index is 10.4. The van der Waals surface area contributed by atoms with Crippen molar-refractivity contribution in [3.63, 3.8) is 0 Å². The van der Waals surface area contributed by atoms with Gasteiger partial charge in [-0.05, 0) is 49.2 Å². The third kappa shape index (κ3) is 7.28. The van der Waals surface area contributed by atoms with Crippen LogP contribution in [0.4, 0.5) is 0 Å². The molecule has 0 radical (unpaired) electrons. The highest BCUT2D eigenvalue weighted by atomic mass is 16.3. The third-order valence-corrected chi connectivity index (χ3v) is 4.62. The lowest BCUT2D eigenvalue weighted by molar-refractivity contribution is -0.120. The van der Waals surface area contributed by atoms with E-state index in [-0.39, 0.29) is 5.91 Å². The summed E-state index contributed by atoms with van der Waals surface area (Å²) in [5, 5.41) is 2.51. The molecule has 0 aliphatic rings. The smallest absolute Gasteiger partial charge is 0.220 e. The van der Waals surface area contributed by atoms with Crippen LogP contribution in [0.25, 0.3) is 22.1 Å². The van der Waals surface area contributed by atoms with Gasteiger partial charge in [-0.1, -0.05) is 38.8 Å². The van der Waals surface area contributed by atoms with E-state index in [4.69, 9.17) is 10.8 Å². The first kappa shape index (κ1) is 24.7. The van der Waals surface area contributed by atoms with E-state index in [1.807, 2.05) is 25.1 Å². The first-order valence-corrected chi connectivity index (χ1v) is 10.9. The van der Waals surface area contributed by atoms with Crippen molar-refractivity contribution in [1.82, 2.24) is 20.3 Å². The Hall–Kier alpha value is -3.59. The summed E-state index contributed by atoms with van der Waals surface area (Å²) in [7, 11) is 0. The van der Waals surface area contributed by atoms with Crippen molar-refractivity contribution < 1.29 is 9.21 Å². The highest BCUT2D eigenvalue weighted by Crippen LogP contribution is 2.16. The second-order valence-electron chi connectivity index (χ2n) is 7.32. The normalized spacial score (nSPS) is 10.0. The number of carbonyl (C=O) groups is 1. The van der Waals surface area contributed by atoms with E-state index in [9.17, 15) is 4.79 Å². The zero-order valence-electron chi connectivity index (χ0n) is 19.6. The summed E-state index contributed by atoms with van der Waals surface area (Å²) in [4.78, 5) is 22.4. The molecule has 32 heavy (non-hydrogen) atoms. The van der Waals surface area contributed by atoms with Gasteiger partial charge >= 0.3 is 0 Å². The van der Waals surface area contributed by atoms with Crippen molar-refractivity contribution in [2.75, 3.05) is 6.54 Å². The molecule has 2 aromatic carbocycles. The van der Waals surface area contributed by atoms with E-state index in [2.05, 4.69) is 65.2 Å². The molecule has 0 atom stereocenters. The molecule has 1 amide bonds. The van der Waals surface area contributed by atoms with Gasteiger partial charge in [0, 0.05) is 19.3 Å². The van der Waals surface area contributed by atoms with Gasteiger partial charge in [0.25, 0.3) is 0 Å². The Kier molecular flexibility index (Phi) is 9.49. The molecule has 0 unspecified atom stereocenters. The van der Waals surface area contributed by atoms with E-state index in [0.29, 0.717) is 13.0 Å². The van der Waals surface area contributed by atoms with Crippen LogP contribution >= 0.6 is 0 Å². The summed E-state index contributed by atoms with van der Waals surface area (Å²) in [6.07, 6.45) is 7.19. The molecule has 0 saturated heterocycles. The van der Waals surface area contributed by atoms with E-state index >= 15 is 0 Å². The summed E-state index contributed by atoms with van der Waals surface area (Å²) in [6.45, 7) is 10.4. The second-order valence-corrected chi connectivity index (χ2v) is 7.32. The number of oxazole rings is 1. The van der Waals surface area contributed by atoms with Crippen LogP contribution in [0.2, 0.25) is 0 Å². The average molecular weight is 433 g/mol. The fourth-order valence-corrected chi connectivity index (χ4v) is 2.85. The molecule has 2 heterocycles. The Morgan fingerprint density at radius 3 is 2.41 bits per heavy atom. The summed E-state index contributed by atoms with van der Waals surface area (Å²) in [5.74, 6) is 4.18. The van der Waals surface area contributed by atoms with Crippen molar-refractivity contribution >= 4 is 28.0 Å². The average Bonchev–Trinajstić information content (AvgIpc) is 3.40. The van der Waals surface area contributed by atoms with Gasteiger partial charge in [-0.3, -0.25) is 4.79 Å². The number of hydrogen-bond acceptors (Lipinski definition) is 4. The van der Waals surface area contributed by atoms with Crippen LogP contribution in [0, 0.1) is 26.2 Å². The molecule has 0 saturated carbocycles. The van der Waals surface area contributed by atoms with Crippen molar-refractivity contribution in [3.05, 3.63) is 59.2 Å². The van der Waals surface area contributed by atoms with Gasteiger partial charge in [-0.25, -0.2) is 9.97 Å². The molecule has 0 fully saturated rings. The topological polar surface area (TPSA) is 83.8 Å². The van der Waals surface area contributed by atoms with Gasteiger partial charge in [0.1, 0.15) is 11.3 Å². The quantitative estimate of drug-likeness (QED) is 0.430. The number of amides is 1. The summed E-state index contributed by atoms with van der Waals surface area (Å²) in [5.41, 5.74) is 6.56. The fraction of sp³-hybridized carbons (Fsp3) is 0.346. The lowest BCUT2D eigenvalue weighted by atomic mass is 10.2. The predicted molar refractivity (Wildman–Crippen MR) is 130 cm³/mol. The number of terminal acetylenes is 1. The van der Waals surface area contributed by atoms with Gasteiger partial charge in [0.2, 0.25) is 5.91 Å². The van der Waals surface area contributed by atoms with Crippen LogP contribution in [0.15, 0.2) is 40.8 Å². The highest BCUT2D eigenvalue weighted by molar-refractivity contribution is 5.76. The molecule has 0 spiro atoms. The lowest BCUT2D eigenvalue weighted by Gasteiger charge is -1.93. The monoisotopic (exact) mass is 432 g/mol. The molecule has 0 aliphatic carbocycles. The van der Waals surface area contributed by atoms with Gasteiger partial charge in [0.15, 0.2) is 11.5 Å². The standard InChI is InChI=1S/C10H12N2.C10H11NO.C6H9NO/c1-3-10-11-8-5-4-7(2)6-9(8)12-10;1-3-10-11-8-6-7(2)4-5-9(8)12-10;1-3-5-7-6(8)4-2/h4-6H,3H2,1-2H3,(H,11,12);4-6H,3H2,1-2H3;1H,4-5H2,2H3,(H,7,8). The number of carbonyl (C=O) groups excluding carboxylic acids is 1.